The lowest BCUT2D eigenvalue weighted by Gasteiger charge is -2.19. The van der Waals surface area contributed by atoms with Gasteiger partial charge in [-0.2, -0.15) is 0 Å². The van der Waals surface area contributed by atoms with Gasteiger partial charge in [0.25, 0.3) is 0 Å². The molecule has 156 valence electrons. The first-order chi connectivity index (χ1) is 14.6. The second-order valence-corrected chi connectivity index (χ2v) is 8.35. The summed E-state index contributed by atoms with van der Waals surface area (Å²) in [5.74, 6) is 4.47. The van der Waals surface area contributed by atoms with Crippen LogP contribution >= 0.6 is 0 Å². The Balaban J connectivity index is 0.000000133. The molecule has 4 aliphatic rings. The number of phenols is 2. The molecule has 4 nitrogen and oxygen atoms in total. The van der Waals surface area contributed by atoms with Crippen LogP contribution in [0.5, 0.6) is 23.0 Å². The smallest absolute Gasteiger partial charge is 0.123 e. The molecule has 2 N–H and O–H groups in total. The van der Waals surface area contributed by atoms with Gasteiger partial charge < -0.3 is 19.7 Å². The molecule has 30 heavy (non-hydrogen) atoms. The molecule has 0 spiro atoms. The van der Waals surface area contributed by atoms with E-state index in [2.05, 4.69) is 36.4 Å². The monoisotopic (exact) mass is 404 g/mol. The number of hydrogen-bond donors (Lipinski definition) is 2. The number of phenolic OH excluding ortho intramolecular Hbond substituents is 2. The van der Waals surface area contributed by atoms with Gasteiger partial charge in [0.15, 0.2) is 0 Å². The molecule has 4 atom stereocenters. The molecule has 0 aromatic heterocycles. The van der Waals surface area contributed by atoms with E-state index in [1.54, 1.807) is 12.1 Å². The molecule has 2 aromatic carbocycles. The van der Waals surface area contributed by atoms with E-state index in [-0.39, 0.29) is 0 Å². The second kappa shape index (κ2) is 7.42. The maximum absolute atomic E-state index is 9.63. The SMILES string of the molecule is CCOc1ccc(OCC)c2c1C1C=CC2C1.Oc1ccc(O)c2c1C1C=CC2C1. The maximum atomic E-state index is 9.63. The molecule has 4 aliphatic carbocycles. The molecule has 6 rings (SSSR count). The third-order valence-electron chi connectivity index (χ3n) is 6.70. The van der Waals surface area contributed by atoms with E-state index >= 15 is 0 Å². The van der Waals surface area contributed by atoms with Gasteiger partial charge in [0.2, 0.25) is 0 Å². The summed E-state index contributed by atoms with van der Waals surface area (Å²) >= 11 is 0. The lowest BCUT2D eigenvalue weighted by molar-refractivity contribution is 0.325. The summed E-state index contributed by atoms with van der Waals surface area (Å²) in [5, 5.41) is 19.3. The van der Waals surface area contributed by atoms with Gasteiger partial charge >= 0.3 is 0 Å². The summed E-state index contributed by atoms with van der Waals surface area (Å²) in [6, 6.07) is 7.26. The Bertz CT molecular complexity index is 958. The summed E-state index contributed by atoms with van der Waals surface area (Å²) in [6.07, 6.45) is 11.1. The van der Waals surface area contributed by atoms with Gasteiger partial charge in [0, 0.05) is 45.9 Å². The molecular weight excluding hydrogens is 376 g/mol. The molecule has 4 heteroatoms. The van der Waals surface area contributed by atoms with Crippen molar-refractivity contribution in [3.63, 3.8) is 0 Å². The summed E-state index contributed by atoms with van der Waals surface area (Å²) in [5.41, 5.74) is 4.61. The van der Waals surface area contributed by atoms with Crippen LogP contribution in [0.1, 0.15) is 72.6 Å². The van der Waals surface area contributed by atoms with Crippen LogP contribution in [0.2, 0.25) is 0 Å². The second-order valence-electron chi connectivity index (χ2n) is 8.35. The van der Waals surface area contributed by atoms with Crippen molar-refractivity contribution in [3.8, 4) is 23.0 Å². The average Bonchev–Trinajstić information content (AvgIpc) is 3.53. The summed E-state index contributed by atoms with van der Waals surface area (Å²) in [7, 11) is 0. The standard InChI is InChI=1S/C15H18O2.C11H10O2/c1-3-16-12-7-8-13(17-4-2)15-11-6-5-10(9-11)14(12)15;12-8-3-4-9(13)11-7-2-1-6(5-7)10(8)11/h5-8,10-11H,3-4,9H2,1-2H3;1-4,6-7,12-13H,5H2. The lowest BCUT2D eigenvalue weighted by atomic mass is 9.95. The highest BCUT2D eigenvalue weighted by atomic mass is 16.5. The van der Waals surface area contributed by atoms with Crippen molar-refractivity contribution in [2.45, 2.75) is 50.4 Å². The number of hydrogen-bond acceptors (Lipinski definition) is 4. The Labute approximate surface area is 177 Å². The number of allylic oxidation sites excluding steroid dienone is 4. The zero-order valence-corrected chi connectivity index (χ0v) is 17.5. The largest absolute Gasteiger partial charge is 0.508 e. The zero-order valence-electron chi connectivity index (χ0n) is 17.5. The summed E-state index contributed by atoms with van der Waals surface area (Å²) in [4.78, 5) is 0. The van der Waals surface area contributed by atoms with E-state index in [4.69, 9.17) is 9.47 Å². The molecule has 0 fully saturated rings. The molecule has 4 bridgehead atoms. The van der Waals surface area contributed by atoms with Gasteiger partial charge in [-0.25, -0.2) is 0 Å². The molecule has 0 aliphatic heterocycles. The topological polar surface area (TPSA) is 58.9 Å². The Morgan fingerprint density at radius 3 is 1.37 bits per heavy atom. The molecule has 0 heterocycles. The van der Waals surface area contributed by atoms with Crippen LogP contribution in [0, 0.1) is 0 Å². The number of aromatic hydroxyl groups is 2. The minimum atomic E-state index is 0.324. The Hall–Kier alpha value is -2.88. The van der Waals surface area contributed by atoms with Gasteiger partial charge in [-0.1, -0.05) is 24.3 Å². The summed E-state index contributed by atoms with van der Waals surface area (Å²) < 4.78 is 11.5. The van der Waals surface area contributed by atoms with Gasteiger partial charge in [-0.15, -0.1) is 0 Å². The van der Waals surface area contributed by atoms with Gasteiger partial charge in [-0.05, 0) is 51.0 Å². The Kier molecular flexibility index (Phi) is 4.73. The minimum absolute atomic E-state index is 0.324. The highest BCUT2D eigenvalue weighted by Gasteiger charge is 2.38. The van der Waals surface area contributed by atoms with Crippen LogP contribution in [0.25, 0.3) is 0 Å². The number of rotatable bonds is 4. The zero-order chi connectivity index (χ0) is 20.8. The van der Waals surface area contributed by atoms with Crippen molar-refractivity contribution in [1.82, 2.24) is 0 Å². The van der Waals surface area contributed by atoms with Crippen LogP contribution in [-0.4, -0.2) is 23.4 Å². The first kappa shape index (κ1) is 19.1. The number of benzene rings is 2. The quantitative estimate of drug-likeness (QED) is 0.495. The fourth-order valence-electron chi connectivity index (χ4n) is 5.57. The predicted octanol–water partition coefficient (Wildman–Crippen LogP) is 5.86. The van der Waals surface area contributed by atoms with Crippen LogP contribution in [0.15, 0.2) is 48.6 Å². The molecular formula is C26H28O4. The third-order valence-corrected chi connectivity index (χ3v) is 6.70. The van der Waals surface area contributed by atoms with Crippen molar-refractivity contribution in [1.29, 1.82) is 0 Å². The highest BCUT2D eigenvalue weighted by Crippen LogP contribution is 2.55. The van der Waals surface area contributed by atoms with Gasteiger partial charge in [0.1, 0.15) is 23.0 Å². The third kappa shape index (κ3) is 2.89. The fourth-order valence-corrected chi connectivity index (χ4v) is 5.57. The van der Waals surface area contributed by atoms with E-state index in [0.29, 0.717) is 35.2 Å². The van der Waals surface area contributed by atoms with Crippen molar-refractivity contribution in [2.75, 3.05) is 13.2 Å². The van der Waals surface area contributed by atoms with Crippen LogP contribution in [0.4, 0.5) is 0 Å². The normalized spacial score (nSPS) is 25.7. The molecule has 0 saturated heterocycles. The van der Waals surface area contributed by atoms with Crippen LogP contribution in [0.3, 0.4) is 0 Å². The van der Waals surface area contributed by atoms with Crippen molar-refractivity contribution in [3.05, 3.63) is 70.8 Å². The fraction of sp³-hybridized carbons (Fsp3) is 0.385. The first-order valence-electron chi connectivity index (χ1n) is 11.0. The Morgan fingerprint density at radius 2 is 1.00 bits per heavy atom. The van der Waals surface area contributed by atoms with Crippen molar-refractivity contribution < 1.29 is 19.7 Å². The van der Waals surface area contributed by atoms with E-state index in [1.807, 2.05) is 13.8 Å². The maximum Gasteiger partial charge on any atom is 0.123 e. The van der Waals surface area contributed by atoms with Gasteiger partial charge in [-0.3, -0.25) is 0 Å². The van der Waals surface area contributed by atoms with Crippen molar-refractivity contribution >= 4 is 0 Å². The summed E-state index contributed by atoms with van der Waals surface area (Å²) in [6.45, 7) is 5.51. The first-order valence-corrected chi connectivity index (χ1v) is 11.0. The van der Waals surface area contributed by atoms with Crippen molar-refractivity contribution in [2.24, 2.45) is 0 Å². The van der Waals surface area contributed by atoms with Gasteiger partial charge in [0.05, 0.1) is 13.2 Å². The Morgan fingerprint density at radius 1 is 0.633 bits per heavy atom. The number of fused-ring (bicyclic) bond motifs is 10. The highest BCUT2D eigenvalue weighted by molar-refractivity contribution is 5.61. The molecule has 2 aromatic rings. The number of ether oxygens (including phenoxy) is 2. The molecule has 0 saturated carbocycles. The molecule has 0 radical (unpaired) electrons. The molecule has 4 unspecified atom stereocenters. The predicted molar refractivity (Wildman–Crippen MR) is 117 cm³/mol. The van der Waals surface area contributed by atoms with E-state index in [9.17, 15) is 10.2 Å². The minimum Gasteiger partial charge on any atom is -0.508 e. The van der Waals surface area contributed by atoms with E-state index < -0.39 is 0 Å². The van der Waals surface area contributed by atoms with Crippen LogP contribution < -0.4 is 9.47 Å². The van der Waals surface area contributed by atoms with E-state index in [0.717, 1.165) is 42.3 Å². The van der Waals surface area contributed by atoms with Crippen LogP contribution in [-0.2, 0) is 0 Å². The van der Waals surface area contributed by atoms with E-state index in [1.165, 1.54) is 17.5 Å². The molecule has 0 amide bonds. The average molecular weight is 405 g/mol. The lowest BCUT2D eigenvalue weighted by Crippen LogP contribution is -2.04.